The zero-order chi connectivity index (χ0) is 16.2. The Morgan fingerprint density at radius 2 is 2.05 bits per heavy atom. The fourth-order valence-electron chi connectivity index (χ4n) is 1.66. The molecule has 1 rings (SSSR count). The molecule has 0 spiro atoms. The van der Waals surface area contributed by atoms with Crippen LogP contribution >= 0.6 is 0 Å². The SMILES string of the molecule is CC(C)(CCC(=O)O)NC(=O)c1ccc([N+](=O)[O-])c(F)c1. The molecule has 0 saturated heterocycles. The number of halogens is 1. The topological polar surface area (TPSA) is 110 Å². The zero-order valence-corrected chi connectivity index (χ0v) is 11.6. The summed E-state index contributed by atoms with van der Waals surface area (Å²) in [5, 5.41) is 21.7. The summed E-state index contributed by atoms with van der Waals surface area (Å²) in [6.07, 6.45) is 0.0748. The maximum Gasteiger partial charge on any atom is 0.304 e. The van der Waals surface area contributed by atoms with Crippen molar-refractivity contribution in [3.05, 3.63) is 39.7 Å². The minimum absolute atomic E-state index is 0.0681. The highest BCUT2D eigenvalue weighted by atomic mass is 19.1. The standard InChI is InChI=1S/C13H15FN2O5/c1-13(2,6-5-11(17)18)15-12(19)8-3-4-10(16(20)21)9(14)7-8/h3-4,7H,5-6H2,1-2H3,(H,15,19)(H,17,18). The predicted octanol–water partition coefficient (Wildman–Crippen LogP) is 2.11. The maximum absolute atomic E-state index is 13.4. The van der Waals surface area contributed by atoms with Gasteiger partial charge < -0.3 is 10.4 Å². The van der Waals surface area contributed by atoms with Crippen LogP contribution in [0.25, 0.3) is 0 Å². The van der Waals surface area contributed by atoms with Crippen molar-refractivity contribution >= 4 is 17.6 Å². The van der Waals surface area contributed by atoms with Crippen molar-refractivity contribution in [1.29, 1.82) is 0 Å². The van der Waals surface area contributed by atoms with Crippen LogP contribution < -0.4 is 5.32 Å². The largest absolute Gasteiger partial charge is 0.481 e. The number of carboxylic acids is 1. The number of nitro benzene ring substituents is 1. The zero-order valence-electron chi connectivity index (χ0n) is 11.6. The van der Waals surface area contributed by atoms with Gasteiger partial charge in [0.1, 0.15) is 0 Å². The first-order valence-electron chi connectivity index (χ1n) is 6.10. The first-order chi connectivity index (χ1) is 9.62. The van der Waals surface area contributed by atoms with Gasteiger partial charge in [-0.3, -0.25) is 19.7 Å². The van der Waals surface area contributed by atoms with Crippen LogP contribution in [0.1, 0.15) is 37.0 Å². The second-order valence-electron chi connectivity index (χ2n) is 5.16. The average Bonchev–Trinajstić information content (AvgIpc) is 2.35. The van der Waals surface area contributed by atoms with Crippen molar-refractivity contribution in [3.8, 4) is 0 Å². The number of nitro groups is 1. The van der Waals surface area contributed by atoms with Gasteiger partial charge in [0, 0.05) is 23.6 Å². The van der Waals surface area contributed by atoms with Gasteiger partial charge in [0.2, 0.25) is 5.82 Å². The van der Waals surface area contributed by atoms with E-state index in [4.69, 9.17) is 5.11 Å². The van der Waals surface area contributed by atoms with Crippen molar-refractivity contribution in [1.82, 2.24) is 5.32 Å². The Kier molecular flexibility index (Phi) is 4.96. The summed E-state index contributed by atoms with van der Waals surface area (Å²) in [6, 6.07) is 2.83. The molecule has 1 aromatic carbocycles. The molecule has 0 aliphatic heterocycles. The summed E-state index contributed by atoms with van der Waals surface area (Å²) in [5.74, 6) is -2.71. The molecule has 0 fully saturated rings. The summed E-state index contributed by atoms with van der Waals surface area (Å²) >= 11 is 0. The second-order valence-corrected chi connectivity index (χ2v) is 5.16. The lowest BCUT2D eigenvalue weighted by molar-refractivity contribution is -0.387. The van der Waals surface area contributed by atoms with Crippen molar-refractivity contribution < 1.29 is 24.0 Å². The van der Waals surface area contributed by atoms with Gasteiger partial charge in [-0.25, -0.2) is 0 Å². The molecular weight excluding hydrogens is 283 g/mol. The number of hydrogen-bond acceptors (Lipinski definition) is 4. The Labute approximate surface area is 119 Å². The Morgan fingerprint density at radius 3 is 2.52 bits per heavy atom. The maximum atomic E-state index is 13.4. The third-order valence-corrected chi connectivity index (χ3v) is 2.82. The molecule has 0 aliphatic carbocycles. The molecule has 21 heavy (non-hydrogen) atoms. The molecule has 7 nitrogen and oxygen atoms in total. The molecule has 0 aromatic heterocycles. The second kappa shape index (κ2) is 6.29. The minimum atomic E-state index is -1.10. The van der Waals surface area contributed by atoms with Gasteiger partial charge in [0.05, 0.1) is 4.92 Å². The summed E-state index contributed by atoms with van der Waals surface area (Å²) in [7, 11) is 0. The lowest BCUT2D eigenvalue weighted by atomic mass is 9.97. The van der Waals surface area contributed by atoms with Crippen LogP contribution in [0, 0.1) is 15.9 Å². The number of amides is 1. The number of nitrogens with one attached hydrogen (secondary N) is 1. The third-order valence-electron chi connectivity index (χ3n) is 2.82. The molecule has 0 saturated carbocycles. The normalized spacial score (nSPS) is 11.0. The van der Waals surface area contributed by atoms with Gasteiger partial charge in [0.25, 0.3) is 5.91 Å². The van der Waals surface area contributed by atoms with E-state index in [0.29, 0.717) is 0 Å². The first kappa shape index (κ1) is 16.5. The monoisotopic (exact) mass is 298 g/mol. The Hall–Kier alpha value is -2.51. The Bertz CT molecular complexity index is 586. The summed E-state index contributed by atoms with van der Waals surface area (Å²) in [5.41, 5.74) is -1.58. The molecule has 0 bridgehead atoms. The third kappa shape index (κ3) is 4.83. The number of rotatable bonds is 6. The molecule has 0 heterocycles. The van der Waals surface area contributed by atoms with Gasteiger partial charge in [-0.15, -0.1) is 0 Å². The smallest absolute Gasteiger partial charge is 0.304 e. The quantitative estimate of drug-likeness (QED) is 0.617. The van der Waals surface area contributed by atoms with E-state index < -0.39 is 33.8 Å². The van der Waals surface area contributed by atoms with E-state index in [2.05, 4.69) is 5.32 Å². The highest BCUT2D eigenvalue weighted by molar-refractivity contribution is 5.94. The van der Waals surface area contributed by atoms with Crippen LogP contribution in [0.5, 0.6) is 0 Å². The number of benzene rings is 1. The van der Waals surface area contributed by atoms with Crippen molar-refractivity contribution in [3.63, 3.8) is 0 Å². The van der Waals surface area contributed by atoms with Gasteiger partial charge in [0.15, 0.2) is 0 Å². The number of carboxylic acid groups (broad SMARTS) is 1. The van der Waals surface area contributed by atoms with Gasteiger partial charge in [-0.1, -0.05) is 0 Å². The van der Waals surface area contributed by atoms with E-state index in [1.807, 2.05) is 0 Å². The van der Waals surface area contributed by atoms with Crippen LogP contribution in [-0.2, 0) is 4.79 Å². The molecule has 114 valence electrons. The van der Waals surface area contributed by atoms with E-state index in [1.165, 1.54) is 0 Å². The van der Waals surface area contributed by atoms with Gasteiger partial charge in [-0.05, 0) is 32.4 Å². The fourth-order valence-corrected chi connectivity index (χ4v) is 1.66. The molecule has 0 unspecified atom stereocenters. The number of carbonyl (C=O) groups is 2. The number of hydrogen-bond donors (Lipinski definition) is 2. The van der Waals surface area contributed by atoms with E-state index in [-0.39, 0.29) is 18.4 Å². The van der Waals surface area contributed by atoms with E-state index in [0.717, 1.165) is 18.2 Å². The fraction of sp³-hybridized carbons (Fsp3) is 0.385. The van der Waals surface area contributed by atoms with E-state index in [9.17, 15) is 24.1 Å². The highest BCUT2D eigenvalue weighted by Crippen LogP contribution is 2.19. The van der Waals surface area contributed by atoms with Gasteiger partial charge >= 0.3 is 11.7 Å². The molecule has 0 atom stereocenters. The molecule has 0 aliphatic rings. The van der Waals surface area contributed by atoms with Crippen LogP contribution in [0.2, 0.25) is 0 Å². The highest BCUT2D eigenvalue weighted by Gasteiger charge is 2.23. The average molecular weight is 298 g/mol. The van der Waals surface area contributed by atoms with Crippen LogP contribution in [0.15, 0.2) is 18.2 Å². The van der Waals surface area contributed by atoms with E-state index >= 15 is 0 Å². The van der Waals surface area contributed by atoms with Crippen molar-refractivity contribution in [2.75, 3.05) is 0 Å². The lowest BCUT2D eigenvalue weighted by Gasteiger charge is -2.25. The Morgan fingerprint density at radius 1 is 1.43 bits per heavy atom. The minimum Gasteiger partial charge on any atom is -0.481 e. The molecule has 8 heteroatoms. The van der Waals surface area contributed by atoms with Crippen LogP contribution in [-0.4, -0.2) is 27.4 Å². The summed E-state index contributed by atoms with van der Waals surface area (Å²) < 4.78 is 13.4. The molecular formula is C13H15FN2O5. The molecule has 2 N–H and O–H groups in total. The van der Waals surface area contributed by atoms with Crippen LogP contribution in [0.3, 0.4) is 0 Å². The number of carbonyl (C=O) groups excluding carboxylic acids is 1. The predicted molar refractivity (Wildman–Crippen MR) is 71.5 cm³/mol. The molecule has 0 radical (unpaired) electrons. The Balaban J connectivity index is 2.82. The van der Waals surface area contributed by atoms with Crippen LogP contribution in [0.4, 0.5) is 10.1 Å². The lowest BCUT2D eigenvalue weighted by Crippen LogP contribution is -2.43. The van der Waals surface area contributed by atoms with Crippen molar-refractivity contribution in [2.45, 2.75) is 32.2 Å². The summed E-state index contributed by atoms with van der Waals surface area (Å²) in [6.45, 7) is 3.27. The van der Waals surface area contributed by atoms with E-state index in [1.54, 1.807) is 13.8 Å². The van der Waals surface area contributed by atoms with Crippen molar-refractivity contribution in [2.24, 2.45) is 0 Å². The van der Waals surface area contributed by atoms with Gasteiger partial charge in [-0.2, -0.15) is 4.39 Å². The molecule has 1 aromatic rings. The number of aliphatic carboxylic acids is 1. The number of nitrogens with zero attached hydrogens (tertiary/aromatic N) is 1. The summed E-state index contributed by atoms with van der Waals surface area (Å²) in [4.78, 5) is 32.1. The molecule has 1 amide bonds. The first-order valence-corrected chi connectivity index (χ1v) is 6.10.